The molecular weight excluding hydrogens is 291 g/mol. The van der Waals surface area contributed by atoms with E-state index in [4.69, 9.17) is 27.9 Å². The molecule has 1 heterocycles. The lowest BCUT2D eigenvalue weighted by Gasteiger charge is -2.37. The number of rotatable bonds is 1. The van der Waals surface area contributed by atoms with Gasteiger partial charge in [0.15, 0.2) is 0 Å². The molecule has 1 saturated heterocycles. The highest BCUT2D eigenvalue weighted by Gasteiger charge is 2.40. The molecule has 1 aromatic rings. The molecule has 1 aliphatic rings. The van der Waals surface area contributed by atoms with Crippen LogP contribution in [0.4, 0.5) is 0 Å². The molecule has 14 heavy (non-hydrogen) atoms. The van der Waals surface area contributed by atoms with Gasteiger partial charge in [-0.1, -0.05) is 29.3 Å². The maximum absolute atomic E-state index is 9.99. The molecule has 1 aromatic carbocycles. The third-order valence-corrected chi connectivity index (χ3v) is 3.99. The van der Waals surface area contributed by atoms with E-state index in [2.05, 4.69) is 15.9 Å². The van der Waals surface area contributed by atoms with E-state index >= 15 is 0 Å². The van der Waals surface area contributed by atoms with Gasteiger partial charge in [-0.05, 0) is 22.0 Å². The Hall–Kier alpha value is 0.200. The van der Waals surface area contributed by atoms with Crippen molar-refractivity contribution in [2.75, 3.05) is 13.2 Å². The lowest BCUT2D eigenvalue weighted by atomic mass is 9.92. The van der Waals surface area contributed by atoms with Gasteiger partial charge in [-0.25, -0.2) is 0 Å². The molecule has 2 rings (SSSR count). The van der Waals surface area contributed by atoms with Crippen molar-refractivity contribution in [2.45, 2.75) is 5.60 Å². The van der Waals surface area contributed by atoms with Gasteiger partial charge >= 0.3 is 0 Å². The average Bonchev–Trinajstić information content (AvgIpc) is 2.11. The van der Waals surface area contributed by atoms with E-state index in [9.17, 15) is 5.11 Å². The molecule has 1 N–H and O–H groups in total. The number of aliphatic hydroxyl groups is 1. The highest BCUT2D eigenvalue weighted by Crippen LogP contribution is 2.40. The van der Waals surface area contributed by atoms with Crippen LogP contribution in [-0.4, -0.2) is 18.3 Å². The van der Waals surface area contributed by atoms with Crippen LogP contribution in [0.3, 0.4) is 0 Å². The lowest BCUT2D eigenvalue weighted by Crippen LogP contribution is -2.46. The fourth-order valence-corrected chi connectivity index (χ4v) is 2.29. The predicted molar refractivity (Wildman–Crippen MR) is 58.9 cm³/mol. The van der Waals surface area contributed by atoms with Crippen molar-refractivity contribution in [3.05, 3.63) is 32.2 Å². The molecule has 5 heteroatoms. The van der Waals surface area contributed by atoms with Gasteiger partial charge in [0, 0.05) is 10.0 Å². The van der Waals surface area contributed by atoms with Gasteiger partial charge in [-0.2, -0.15) is 0 Å². The van der Waals surface area contributed by atoms with Crippen LogP contribution in [0.25, 0.3) is 0 Å². The summed E-state index contributed by atoms with van der Waals surface area (Å²) in [5, 5.41) is 10.8. The van der Waals surface area contributed by atoms with Gasteiger partial charge in [-0.3, -0.25) is 0 Å². The minimum absolute atomic E-state index is 0.269. The van der Waals surface area contributed by atoms with Gasteiger partial charge in [-0.15, -0.1) is 0 Å². The summed E-state index contributed by atoms with van der Waals surface area (Å²) >= 11 is 15.2. The Morgan fingerprint density at radius 3 is 2.43 bits per heavy atom. The Labute approximate surface area is 99.9 Å². The summed E-state index contributed by atoms with van der Waals surface area (Å²) in [5.74, 6) is 0. The summed E-state index contributed by atoms with van der Waals surface area (Å²) in [6, 6.07) is 3.51. The van der Waals surface area contributed by atoms with Crippen LogP contribution < -0.4 is 0 Å². The third kappa shape index (κ3) is 1.57. The van der Waals surface area contributed by atoms with Crippen molar-refractivity contribution in [1.82, 2.24) is 0 Å². The van der Waals surface area contributed by atoms with Crippen LogP contribution in [0.5, 0.6) is 0 Å². The maximum Gasteiger partial charge on any atom is 0.137 e. The fraction of sp³-hybridized carbons (Fsp3) is 0.333. The van der Waals surface area contributed by atoms with E-state index in [1.165, 1.54) is 0 Å². The van der Waals surface area contributed by atoms with E-state index in [1.54, 1.807) is 12.1 Å². The molecule has 0 unspecified atom stereocenters. The van der Waals surface area contributed by atoms with E-state index in [1.807, 2.05) is 0 Å². The number of benzene rings is 1. The summed E-state index contributed by atoms with van der Waals surface area (Å²) < 4.78 is 5.67. The zero-order chi connectivity index (χ0) is 10.3. The van der Waals surface area contributed by atoms with Crippen molar-refractivity contribution in [2.24, 2.45) is 0 Å². The highest BCUT2D eigenvalue weighted by atomic mass is 79.9. The van der Waals surface area contributed by atoms with Crippen LogP contribution >= 0.6 is 39.1 Å². The van der Waals surface area contributed by atoms with Crippen LogP contribution in [0.1, 0.15) is 5.56 Å². The lowest BCUT2D eigenvalue weighted by molar-refractivity contribution is -0.184. The molecule has 0 amide bonds. The minimum Gasteiger partial charge on any atom is -0.380 e. The summed E-state index contributed by atoms with van der Waals surface area (Å²) in [4.78, 5) is 0. The number of ether oxygens (including phenoxy) is 1. The largest absolute Gasteiger partial charge is 0.380 e. The van der Waals surface area contributed by atoms with Crippen LogP contribution in [-0.2, 0) is 10.3 Å². The SMILES string of the molecule is OC1(c2ccc(Br)c(Cl)c2Cl)COC1. The van der Waals surface area contributed by atoms with E-state index in [-0.39, 0.29) is 13.2 Å². The van der Waals surface area contributed by atoms with Gasteiger partial charge in [0.1, 0.15) is 5.60 Å². The Kier molecular flexibility index (Phi) is 2.79. The van der Waals surface area contributed by atoms with E-state index in [0.717, 1.165) is 4.47 Å². The molecule has 0 saturated carbocycles. The van der Waals surface area contributed by atoms with E-state index < -0.39 is 5.60 Å². The summed E-state index contributed by atoms with van der Waals surface area (Å²) in [7, 11) is 0. The molecule has 1 fully saturated rings. The molecule has 1 aliphatic heterocycles. The molecule has 0 aliphatic carbocycles. The Bertz CT molecular complexity index is 377. The monoisotopic (exact) mass is 296 g/mol. The zero-order valence-electron chi connectivity index (χ0n) is 7.06. The molecule has 76 valence electrons. The molecule has 0 bridgehead atoms. The van der Waals surface area contributed by atoms with E-state index in [0.29, 0.717) is 15.6 Å². The molecule has 0 spiro atoms. The summed E-state index contributed by atoms with van der Waals surface area (Å²) in [6.45, 7) is 0.537. The first kappa shape index (κ1) is 10.7. The van der Waals surface area contributed by atoms with Gasteiger partial charge < -0.3 is 9.84 Å². The highest BCUT2D eigenvalue weighted by molar-refractivity contribution is 9.10. The maximum atomic E-state index is 9.99. The standard InChI is InChI=1S/C9H7BrCl2O2/c10-6-2-1-5(7(11)8(6)12)9(13)3-14-4-9/h1-2,13H,3-4H2. The smallest absolute Gasteiger partial charge is 0.137 e. The van der Waals surface area contributed by atoms with Crippen LogP contribution in [0, 0.1) is 0 Å². The third-order valence-electron chi connectivity index (χ3n) is 2.22. The van der Waals surface area contributed by atoms with Crippen molar-refractivity contribution < 1.29 is 9.84 Å². The van der Waals surface area contributed by atoms with Crippen LogP contribution in [0.2, 0.25) is 10.0 Å². The Morgan fingerprint density at radius 2 is 1.93 bits per heavy atom. The minimum atomic E-state index is -0.971. The summed E-state index contributed by atoms with van der Waals surface area (Å²) in [6.07, 6.45) is 0. The summed E-state index contributed by atoms with van der Waals surface area (Å²) in [5.41, 5.74) is -0.347. The number of hydrogen-bond donors (Lipinski definition) is 1. The normalized spacial score (nSPS) is 19.1. The molecule has 0 atom stereocenters. The number of hydrogen-bond acceptors (Lipinski definition) is 2. The predicted octanol–water partition coefficient (Wildman–Crippen LogP) is 2.97. The zero-order valence-corrected chi connectivity index (χ0v) is 10.2. The van der Waals surface area contributed by atoms with Gasteiger partial charge in [0.25, 0.3) is 0 Å². The molecular formula is C9H7BrCl2O2. The first-order valence-electron chi connectivity index (χ1n) is 3.99. The second kappa shape index (κ2) is 3.65. The average molecular weight is 298 g/mol. The first-order chi connectivity index (χ1) is 6.54. The molecule has 2 nitrogen and oxygen atoms in total. The topological polar surface area (TPSA) is 29.5 Å². The number of halogens is 3. The first-order valence-corrected chi connectivity index (χ1v) is 5.53. The Morgan fingerprint density at radius 1 is 1.29 bits per heavy atom. The second-order valence-electron chi connectivity index (χ2n) is 3.25. The fourth-order valence-electron chi connectivity index (χ4n) is 1.34. The molecule has 0 aromatic heterocycles. The van der Waals surface area contributed by atoms with Crippen molar-refractivity contribution in [3.8, 4) is 0 Å². The quantitative estimate of drug-likeness (QED) is 0.808. The van der Waals surface area contributed by atoms with Crippen LogP contribution in [0.15, 0.2) is 16.6 Å². The van der Waals surface area contributed by atoms with Crippen molar-refractivity contribution >= 4 is 39.1 Å². The van der Waals surface area contributed by atoms with Crippen molar-refractivity contribution in [3.63, 3.8) is 0 Å². The molecule has 0 radical (unpaired) electrons. The Balaban J connectivity index is 2.49. The van der Waals surface area contributed by atoms with Gasteiger partial charge in [0.05, 0.1) is 23.3 Å². The van der Waals surface area contributed by atoms with Crippen molar-refractivity contribution in [1.29, 1.82) is 0 Å². The van der Waals surface area contributed by atoms with Gasteiger partial charge in [0.2, 0.25) is 0 Å². The second-order valence-corrected chi connectivity index (χ2v) is 4.86.